The van der Waals surface area contributed by atoms with Crippen LogP contribution in [0.15, 0.2) is 0 Å². The first-order valence-electron chi connectivity index (χ1n) is 5.03. The number of carbonyl (C=O) groups is 2. The van der Waals surface area contributed by atoms with Crippen LogP contribution in [0.3, 0.4) is 0 Å². The molecular weight excluding hydrogens is 182 g/mol. The van der Waals surface area contributed by atoms with Gasteiger partial charge in [0.2, 0.25) is 5.91 Å². The molecule has 1 saturated heterocycles. The molecular formula is C10H17NO3. The lowest BCUT2D eigenvalue weighted by atomic mass is 10.0. The Balaban J connectivity index is 2.58. The summed E-state index contributed by atoms with van der Waals surface area (Å²) in [6, 6.07) is 0.238. The van der Waals surface area contributed by atoms with Gasteiger partial charge in [-0.1, -0.05) is 13.8 Å². The van der Waals surface area contributed by atoms with E-state index in [1.54, 1.807) is 4.90 Å². The molecule has 1 heterocycles. The maximum atomic E-state index is 11.5. The van der Waals surface area contributed by atoms with Gasteiger partial charge in [-0.05, 0) is 18.8 Å². The van der Waals surface area contributed by atoms with E-state index >= 15 is 0 Å². The molecule has 1 atom stereocenters. The van der Waals surface area contributed by atoms with E-state index in [2.05, 4.69) is 13.8 Å². The van der Waals surface area contributed by atoms with Gasteiger partial charge in [0.15, 0.2) is 0 Å². The summed E-state index contributed by atoms with van der Waals surface area (Å²) in [5.41, 5.74) is 0. The van der Waals surface area contributed by atoms with Gasteiger partial charge < -0.3 is 10.0 Å². The summed E-state index contributed by atoms with van der Waals surface area (Å²) in [6.45, 7) is 4.85. The zero-order chi connectivity index (χ0) is 10.7. The van der Waals surface area contributed by atoms with Crippen LogP contribution in [0.1, 0.15) is 33.1 Å². The van der Waals surface area contributed by atoms with Crippen molar-refractivity contribution in [2.75, 3.05) is 6.54 Å². The minimum atomic E-state index is -1.04. The Hall–Kier alpha value is -1.06. The molecule has 0 aliphatic carbocycles. The van der Waals surface area contributed by atoms with Crippen molar-refractivity contribution in [2.24, 2.45) is 5.92 Å². The second-order valence-corrected chi connectivity index (χ2v) is 4.11. The van der Waals surface area contributed by atoms with Crippen LogP contribution in [0.25, 0.3) is 0 Å². The predicted molar refractivity (Wildman–Crippen MR) is 51.8 cm³/mol. The average Bonchev–Trinajstić information content (AvgIpc) is 2.49. The van der Waals surface area contributed by atoms with E-state index in [4.69, 9.17) is 5.11 Å². The van der Waals surface area contributed by atoms with Crippen LogP contribution < -0.4 is 0 Å². The van der Waals surface area contributed by atoms with E-state index in [1.807, 2.05) is 0 Å². The fourth-order valence-electron chi connectivity index (χ4n) is 2.03. The highest BCUT2D eigenvalue weighted by Crippen LogP contribution is 2.24. The van der Waals surface area contributed by atoms with Gasteiger partial charge in [0.1, 0.15) is 6.42 Å². The molecule has 1 amide bonds. The summed E-state index contributed by atoms with van der Waals surface area (Å²) in [7, 11) is 0. The van der Waals surface area contributed by atoms with Gasteiger partial charge >= 0.3 is 5.97 Å². The highest BCUT2D eigenvalue weighted by atomic mass is 16.4. The van der Waals surface area contributed by atoms with Crippen LogP contribution in [0.2, 0.25) is 0 Å². The highest BCUT2D eigenvalue weighted by molar-refractivity contribution is 5.93. The van der Waals surface area contributed by atoms with Crippen LogP contribution >= 0.6 is 0 Å². The maximum absolute atomic E-state index is 11.5. The first-order chi connectivity index (χ1) is 6.52. The molecule has 0 bridgehead atoms. The summed E-state index contributed by atoms with van der Waals surface area (Å²) in [5, 5.41) is 8.52. The molecule has 1 aliphatic heterocycles. The van der Waals surface area contributed by atoms with Gasteiger partial charge in [0.05, 0.1) is 0 Å². The van der Waals surface area contributed by atoms with Crippen LogP contribution in [0.5, 0.6) is 0 Å². The zero-order valence-corrected chi connectivity index (χ0v) is 8.69. The quantitative estimate of drug-likeness (QED) is 0.693. The van der Waals surface area contributed by atoms with Gasteiger partial charge in [-0.2, -0.15) is 0 Å². The Kier molecular flexibility index (Phi) is 3.49. The third-order valence-corrected chi connectivity index (χ3v) is 2.69. The standard InChI is InChI=1S/C10H17NO3/c1-7(2)8-4-3-5-11(8)9(12)6-10(13)14/h7-8H,3-6H2,1-2H3,(H,13,14). The summed E-state index contributed by atoms with van der Waals surface area (Å²) < 4.78 is 0. The third kappa shape index (κ3) is 2.47. The second kappa shape index (κ2) is 4.44. The van der Waals surface area contributed by atoms with Crippen molar-refractivity contribution in [1.82, 2.24) is 4.90 Å². The summed E-state index contributed by atoms with van der Waals surface area (Å²) >= 11 is 0. The number of hydrogen-bond acceptors (Lipinski definition) is 2. The van der Waals surface area contributed by atoms with Gasteiger partial charge in [-0.15, -0.1) is 0 Å². The molecule has 14 heavy (non-hydrogen) atoms. The van der Waals surface area contributed by atoms with E-state index in [-0.39, 0.29) is 18.4 Å². The fourth-order valence-corrected chi connectivity index (χ4v) is 2.03. The smallest absolute Gasteiger partial charge is 0.312 e. The summed E-state index contributed by atoms with van der Waals surface area (Å²) in [4.78, 5) is 23.6. The van der Waals surface area contributed by atoms with E-state index in [1.165, 1.54) is 0 Å². The number of carbonyl (C=O) groups excluding carboxylic acids is 1. The fraction of sp³-hybridized carbons (Fsp3) is 0.800. The van der Waals surface area contributed by atoms with Crippen LogP contribution in [0, 0.1) is 5.92 Å². The van der Waals surface area contributed by atoms with Crippen molar-refractivity contribution in [3.05, 3.63) is 0 Å². The van der Waals surface area contributed by atoms with Crippen LogP contribution in [0.4, 0.5) is 0 Å². The zero-order valence-electron chi connectivity index (χ0n) is 8.69. The van der Waals surface area contributed by atoms with Gasteiger partial charge in [-0.25, -0.2) is 0 Å². The largest absolute Gasteiger partial charge is 0.481 e. The topological polar surface area (TPSA) is 57.6 Å². The number of hydrogen-bond donors (Lipinski definition) is 1. The maximum Gasteiger partial charge on any atom is 0.312 e. The SMILES string of the molecule is CC(C)C1CCCN1C(=O)CC(=O)O. The van der Waals surface area contributed by atoms with Crippen LogP contribution in [-0.4, -0.2) is 34.5 Å². The van der Waals surface area contributed by atoms with E-state index in [0.717, 1.165) is 19.4 Å². The van der Waals surface area contributed by atoms with Crippen molar-refractivity contribution in [3.8, 4) is 0 Å². The van der Waals surface area contributed by atoms with Gasteiger partial charge in [0, 0.05) is 12.6 Å². The Bertz CT molecular complexity index is 238. The van der Waals surface area contributed by atoms with Crippen molar-refractivity contribution >= 4 is 11.9 Å². The average molecular weight is 199 g/mol. The number of nitrogens with zero attached hydrogens (tertiary/aromatic N) is 1. The minimum Gasteiger partial charge on any atom is -0.481 e. The van der Waals surface area contributed by atoms with E-state index in [9.17, 15) is 9.59 Å². The lowest BCUT2D eigenvalue weighted by Crippen LogP contribution is -2.39. The Morgan fingerprint density at radius 2 is 2.14 bits per heavy atom. The number of carboxylic acids is 1. The van der Waals surface area contributed by atoms with E-state index in [0.29, 0.717) is 5.92 Å². The number of likely N-dealkylation sites (tertiary alicyclic amines) is 1. The molecule has 4 nitrogen and oxygen atoms in total. The number of rotatable bonds is 3. The molecule has 1 N–H and O–H groups in total. The molecule has 80 valence electrons. The molecule has 4 heteroatoms. The van der Waals surface area contributed by atoms with Crippen molar-refractivity contribution in [1.29, 1.82) is 0 Å². The molecule has 0 aromatic rings. The normalized spacial score (nSPS) is 21.6. The van der Waals surface area contributed by atoms with Crippen molar-refractivity contribution in [3.63, 3.8) is 0 Å². The lowest BCUT2D eigenvalue weighted by molar-refractivity contribution is -0.144. The summed E-state index contributed by atoms with van der Waals surface area (Å²) in [5.74, 6) is -0.867. The first-order valence-corrected chi connectivity index (χ1v) is 5.03. The van der Waals surface area contributed by atoms with Gasteiger partial charge in [0.25, 0.3) is 0 Å². The highest BCUT2D eigenvalue weighted by Gasteiger charge is 2.31. The molecule has 0 radical (unpaired) electrons. The van der Waals surface area contributed by atoms with Crippen molar-refractivity contribution in [2.45, 2.75) is 39.2 Å². The molecule has 1 rings (SSSR count). The first kappa shape index (κ1) is 11.0. The molecule has 1 aliphatic rings. The molecule has 0 spiro atoms. The molecule has 0 aromatic heterocycles. The monoisotopic (exact) mass is 199 g/mol. The second-order valence-electron chi connectivity index (χ2n) is 4.11. The predicted octanol–water partition coefficient (Wildman–Crippen LogP) is 1.11. The Labute approximate surface area is 83.9 Å². The molecule has 1 fully saturated rings. The van der Waals surface area contributed by atoms with Crippen molar-refractivity contribution < 1.29 is 14.7 Å². The molecule has 0 aromatic carbocycles. The number of carboxylic acid groups (broad SMARTS) is 1. The Morgan fingerprint density at radius 1 is 1.50 bits per heavy atom. The van der Waals surface area contributed by atoms with E-state index < -0.39 is 5.97 Å². The lowest BCUT2D eigenvalue weighted by Gasteiger charge is -2.27. The third-order valence-electron chi connectivity index (χ3n) is 2.69. The van der Waals surface area contributed by atoms with Gasteiger partial charge in [-0.3, -0.25) is 9.59 Å². The molecule has 0 saturated carbocycles. The summed E-state index contributed by atoms with van der Waals surface area (Å²) in [6.07, 6.45) is 1.63. The molecule has 1 unspecified atom stereocenters. The number of amides is 1. The minimum absolute atomic E-state index is 0.238. The van der Waals surface area contributed by atoms with Crippen LogP contribution in [-0.2, 0) is 9.59 Å². The Morgan fingerprint density at radius 3 is 2.64 bits per heavy atom. The number of aliphatic carboxylic acids is 1.